The molecular formula is C24H24F4N2O3. The van der Waals surface area contributed by atoms with E-state index in [1.54, 1.807) is 12.1 Å². The number of nitrogens with one attached hydrogen (secondary N) is 1. The molecule has 2 aromatic rings. The van der Waals surface area contributed by atoms with Crippen LogP contribution in [0.15, 0.2) is 36.4 Å². The quantitative estimate of drug-likeness (QED) is 0.685. The first kappa shape index (κ1) is 23.2. The minimum absolute atomic E-state index is 0.0210. The van der Waals surface area contributed by atoms with Crippen LogP contribution in [0.1, 0.15) is 35.1 Å². The van der Waals surface area contributed by atoms with Gasteiger partial charge in [-0.2, -0.15) is 13.2 Å². The van der Waals surface area contributed by atoms with Crippen LogP contribution in [0.4, 0.5) is 23.2 Å². The number of hydrogen-bond acceptors (Lipinski definition) is 3. The van der Waals surface area contributed by atoms with E-state index >= 15 is 0 Å². The van der Waals surface area contributed by atoms with E-state index in [1.165, 1.54) is 0 Å². The lowest BCUT2D eigenvalue weighted by molar-refractivity contribution is -0.140. The zero-order chi connectivity index (χ0) is 23.6. The molecule has 2 aliphatic heterocycles. The number of nitrogens with zero attached hydrogens (tertiary/aromatic N) is 1. The van der Waals surface area contributed by atoms with Gasteiger partial charge in [-0.1, -0.05) is 18.2 Å². The minimum Gasteiger partial charge on any atom is -0.381 e. The number of hydrogen-bond donors (Lipinski definition) is 1. The third-order valence-electron chi connectivity index (χ3n) is 6.13. The molecular weight excluding hydrogens is 440 g/mol. The fourth-order valence-electron chi connectivity index (χ4n) is 4.40. The third kappa shape index (κ3) is 5.35. The average molecular weight is 464 g/mol. The molecule has 0 saturated carbocycles. The maximum Gasteiger partial charge on any atom is 0.419 e. The molecule has 0 atom stereocenters. The molecule has 0 aromatic heterocycles. The zero-order valence-electron chi connectivity index (χ0n) is 17.9. The second kappa shape index (κ2) is 9.51. The van der Waals surface area contributed by atoms with Gasteiger partial charge in [-0.3, -0.25) is 9.59 Å². The maximum atomic E-state index is 13.8. The van der Waals surface area contributed by atoms with Gasteiger partial charge < -0.3 is 15.0 Å². The smallest absolute Gasteiger partial charge is 0.381 e. The van der Waals surface area contributed by atoms with Crippen LogP contribution in [0.2, 0.25) is 0 Å². The summed E-state index contributed by atoms with van der Waals surface area (Å²) in [6, 6.07) is 7.94. The van der Waals surface area contributed by atoms with Gasteiger partial charge in [0.05, 0.1) is 12.0 Å². The molecule has 2 amide bonds. The van der Waals surface area contributed by atoms with Gasteiger partial charge in [0.1, 0.15) is 5.82 Å². The van der Waals surface area contributed by atoms with E-state index in [2.05, 4.69) is 5.32 Å². The van der Waals surface area contributed by atoms with Crippen LogP contribution in [0, 0.1) is 11.7 Å². The van der Waals surface area contributed by atoms with E-state index < -0.39 is 23.5 Å². The number of carbonyl (C=O) groups is 2. The summed E-state index contributed by atoms with van der Waals surface area (Å²) in [5.41, 5.74) is 1.27. The number of benzene rings is 2. The van der Waals surface area contributed by atoms with Gasteiger partial charge in [0.2, 0.25) is 11.8 Å². The second-order valence-electron chi connectivity index (χ2n) is 8.38. The monoisotopic (exact) mass is 464 g/mol. The van der Waals surface area contributed by atoms with Crippen molar-refractivity contribution in [1.82, 2.24) is 4.90 Å². The Morgan fingerprint density at radius 1 is 1.12 bits per heavy atom. The van der Waals surface area contributed by atoms with Crippen molar-refractivity contribution in [3.05, 3.63) is 64.5 Å². The van der Waals surface area contributed by atoms with Crippen LogP contribution in [0.3, 0.4) is 0 Å². The molecule has 0 unspecified atom stereocenters. The number of fused-ring (bicyclic) bond motifs is 1. The van der Waals surface area contributed by atoms with Crippen LogP contribution in [0.25, 0.3) is 0 Å². The standard InChI is InChI=1S/C24H24F4N2O3/c25-20-12-15(4-5-19(20)24(26,27)28)13-22(31)29-21-3-1-2-17-14-30(9-6-18(17)21)23(32)16-7-10-33-11-8-16/h1-5,12,16H,6-11,13-14H2,(H,29,31). The van der Waals surface area contributed by atoms with Crippen LogP contribution in [0.5, 0.6) is 0 Å². The summed E-state index contributed by atoms with van der Waals surface area (Å²) >= 11 is 0. The van der Waals surface area contributed by atoms with Crippen molar-refractivity contribution >= 4 is 17.5 Å². The van der Waals surface area contributed by atoms with Gasteiger partial charge >= 0.3 is 6.18 Å². The summed E-state index contributed by atoms with van der Waals surface area (Å²) in [6.07, 6.45) is -3.01. The van der Waals surface area contributed by atoms with Gasteiger partial charge in [0.25, 0.3) is 0 Å². The summed E-state index contributed by atoms with van der Waals surface area (Å²) in [6.45, 7) is 2.19. The number of anilines is 1. The van der Waals surface area contributed by atoms with Crippen molar-refractivity contribution in [2.45, 2.75) is 38.4 Å². The highest BCUT2D eigenvalue weighted by molar-refractivity contribution is 5.93. The average Bonchev–Trinajstić information content (AvgIpc) is 2.78. The van der Waals surface area contributed by atoms with E-state index in [9.17, 15) is 27.2 Å². The lowest BCUT2D eigenvalue weighted by Crippen LogP contribution is -2.41. The number of halogens is 4. The summed E-state index contributed by atoms with van der Waals surface area (Å²) in [7, 11) is 0. The predicted molar refractivity (Wildman–Crippen MR) is 113 cm³/mol. The Bertz CT molecular complexity index is 1050. The topological polar surface area (TPSA) is 58.6 Å². The highest BCUT2D eigenvalue weighted by Crippen LogP contribution is 2.32. The normalized spacial score (nSPS) is 16.9. The number of carbonyl (C=O) groups excluding carboxylic acids is 2. The molecule has 4 rings (SSSR count). The highest BCUT2D eigenvalue weighted by Gasteiger charge is 2.34. The van der Waals surface area contributed by atoms with Crippen molar-refractivity contribution in [3.8, 4) is 0 Å². The van der Waals surface area contributed by atoms with Gasteiger partial charge in [0.15, 0.2) is 0 Å². The number of amides is 2. The lowest BCUT2D eigenvalue weighted by Gasteiger charge is -2.33. The molecule has 2 heterocycles. The fourth-order valence-corrected chi connectivity index (χ4v) is 4.40. The first-order valence-corrected chi connectivity index (χ1v) is 10.8. The molecule has 1 saturated heterocycles. The molecule has 33 heavy (non-hydrogen) atoms. The Balaban J connectivity index is 1.41. The Morgan fingerprint density at radius 3 is 2.58 bits per heavy atom. The third-order valence-corrected chi connectivity index (χ3v) is 6.13. The molecule has 0 aliphatic carbocycles. The molecule has 0 bridgehead atoms. The minimum atomic E-state index is -4.78. The highest BCUT2D eigenvalue weighted by atomic mass is 19.4. The maximum absolute atomic E-state index is 13.8. The summed E-state index contributed by atoms with van der Waals surface area (Å²) in [4.78, 5) is 27.2. The van der Waals surface area contributed by atoms with Gasteiger partial charge in [0, 0.05) is 37.9 Å². The largest absolute Gasteiger partial charge is 0.419 e. The van der Waals surface area contributed by atoms with E-state index in [4.69, 9.17) is 4.74 Å². The Hall–Kier alpha value is -2.94. The van der Waals surface area contributed by atoms with Crippen molar-refractivity contribution in [1.29, 1.82) is 0 Å². The van der Waals surface area contributed by atoms with Crippen LogP contribution in [-0.2, 0) is 39.9 Å². The number of alkyl halides is 3. The van der Waals surface area contributed by atoms with Gasteiger partial charge in [-0.25, -0.2) is 4.39 Å². The van der Waals surface area contributed by atoms with Crippen molar-refractivity contribution in [2.24, 2.45) is 5.92 Å². The number of ether oxygens (including phenoxy) is 1. The molecule has 0 radical (unpaired) electrons. The first-order chi connectivity index (χ1) is 15.7. The van der Waals surface area contributed by atoms with E-state index in [0.717, 1.165) is 36.1 Å². The molecule has 1 N–H and O–H groups in total. The summed E-state index contributed by atoms with van der Waals surface area (Å²) in [5, 5.41) is 2.79. The molecule has 9 heteroatoms. The van der Waals surface area contributed by atoms with E-state index in [-0.39, 0.29) is 23.8 Å². The first-order valence-electron chi connectivity index (χ1n) is 10.8. The molecule has 2 aromatic carbocycles. The van der Waals surface area contributed by atoms with Crippen LogP contribution < -0.4 is 5.32 Å². The summed E-state index contributed by atoms with van der Waals surface area (Å²) in [5.74, 6) is -1.75. The molecule has 5 nitrogen and oxygen atoms in total. The van der Waals surface area contributed by atoms with Crippen molar-refractivity contribution in [3.63, 3.8) is 0 Å². The number of rotatable bonds is 4. The van der Waals surface area contributed by atoms with Crippen molar-refractivity contribution in [2.75, 3.05) is 25.1 Å². The van der Waals surface area contributed by atoms with E-state index in [0.29, 0.717) is 44.5 Å². The second-order valence-corrected chi connectivity index (χ2v) is 8.38. The molecule has 176 valence electrons. The molecule has 1 fully saturated rings. The summed E-state index contributed by atoms with van der Waals surface area (Å²) < 4.78 is 57.3. The Morgan fingerprint density at radius 2 is 1.88 bits per heavy atom. The van der Waals surface area contributed by atoms with Gasteiger partial charge in [-0.05, 0) is 54.2 Å². The van der Waals surface area contributed by atoms with Crippen LogP contribution >= 0.6 is 0 Å². The van der Waals surface area contributed by atoms with Gasteiger partial charge in [-0.15, -0.1) is 0 Å². The zero-order valence-corrected chi connectivity index (χ0v) is 17.9. The predicted octanol–water partition coefficient (Wildman–Crippen LogP) is 4.34. The molecule has 0 spiro atoms. The Kier molecular flexibility index (Phi) is 6.69. The Labute approximate surface area is 188 Å². The SMILES string of the molecule is O=C(Cc1ccc(C(F)(F)F)c(F)c1)Nc1cccc2c1CCN(C(=O)C1CCOCC1)C2. The van der Waals surface area contributed by atoms with Crippen molar-refractivity contribution < 1.29 is 31.9 Å². The van der Waals surface area contributed by atoms with Crippen LogP contribution in [-0.4, -0.2) is 36.5 Å². The lowest BCUT2D eigenvalue weighted by atomic mass is 9.94. The van der Waals surface area contributed by atoms with E-state index in [1.807, 2.05) is 11.0 Å². The fraction of sp³-hybridized carbons (Fsp3) is 0.417. The molecule has 2 aliphatic rings.